The third-order valence-corrected chi connectivity index (χ3v) is 2.10. The van der Waals surface area contributed by atoms with Crippen molar-refractivity contribution in [2.75, 3.05) is 0 Å². The zero-order valence-electron chi connectivity index (χ0n) is 7.41. The highest BCUT2D eigenvalue weighted by molar-refractivity contribution is 5.81. The molecule has 1 aliphatic rings. The lowest BCUT2D eigenvalue weighted by atomic mass is 10.2. The number of hydrogen-bond donors (Lipinski definition) is 0. The van der Waals surface area contributed by atoms with Gasteiger partial charge in [-0.15, -0.1) is 8.78 Å². The maximum absolute atomic E-state index is 12.7. The summed E-state index contributed by atoms with van der Waals surface area (Å²) in [5, 5.41) is 0.734. The predicted octanol–water partition coefficient (Wildman–Crippen LogP) is 2.56. The molecule has 0 spiro atoms. The number of nitrogens with zero attached hydrogens (tertiary/aromatic N) is 1. The van der Waals surface area contributed by atoms with E-state index in [0.29, 0.717) is 5.52 Å². The smallest absolute Gasteiger partial charge is 0.393 e. The Hall–Kier alpha value is -1.91. The van der Waals surface area contributed by atoms with E-state index in [1.54, 1.807) is 24.3 Å². The summed E-state index contributed by atoms with van der Waals surface area (Å²) in [7, 11) is 0. The number of benzene rings is 1. The fourth-order valence-electron chi connectivity index (χ4n) is 1.49. The van der Waals surface area contributed by atoms with Crippen LogP contribution in [-0.2, 0) is 0 Å². The van der Waals surface area contributed by atoms with Crippen LogP contribution in [0.15, 0.2) is 30.3 Å². The SMILES string of the molecule is FC1(F)Oc2cc3ccccc3nc2O1. The van der Waals surface area contributed by atoms with Gasteiger partial charge in [-0.1, -0.05) is 18.2 Å². The number of fused-ring (bicyclic) bond motifs is 2. The van der Waals surface area contributed by atoms with Crippen LogP contribution in [0.2, 0.25) is 0 Å². The first kappa shape index (κ1) is 8.40. The summed E-state index contributed by atoms with van der Waals surface area (Å²) in [5.41, 5.74) is 0.595. The van der Waals surface area contributed by atoms with Crippen LogP contribution in [0.1, 0.15) is 0 Å². The molecule has 0 N–H and O–H groups in total. The first-order valence-corrected chi connectivity index (χ1v) is 4.30. The van der Waals surface area contributed by atoms with Crippen LogP contribution < -0.4 is 9.47 Å². The van der Waals surface area contributed by atoms with E-state index in [2.05, 4.69) is 14.5 Å². The molecule has 1 aromatic carbocycles. The number of aromatic nitrogens is 1. The maximum atomic E-state index is 12.7. The summed E-state index contributed by atoms with van der Waals surface area (Å²) >= 11 is 0. The molecule has 2 aromatic rings. The minimum Gasteiger partial charge on any atom is -0.393 e. The molecule has 0 saturated carbocycles. The van der Waals surface area contributed by atoms with E-state index in [1.807, 2.05) is 0 Å². The Labute approximate surface area is 83.2 Å². The second-order valence-electron chi connectivity index (χ2n) is 3.15. The monoisotopic (exact) mass is 209 g/mol. The second-order valence-corrected chi connectivity index (χ2v) is 3.15. The number of pyridine rings is 1. The summed E-state index contributed by atoms with van der Waals surface area (Å²) in [4.78, 5) is 3.92. The van der Waals surface area contributed by atoms with Gasteiger partial charge in [0.1, 0.15) is 0 Å². The van der Waals surface area contributed by atoms with E-state index in [0.717, 1.165) is 5.39 Å². The van der Waals surface area contributed by atoms with Gasteiger partial charge in [0.15, 0.2) is 5.75 Å². The number of para-hydroxylation sites is 1. The normalized spacial score (nSPS) is 16.9. The van der Waals surface area contributed by atoms with Gasteiger partial charge in [-0.3, -0.25) is 0 Å². The van der Waals surface area contributed by atoms with E-state index in [4.69, 9.17) is 0 Å². The zero-order chi connectivity index (χ0) is 10.5. The van der Waals surface area contributed by atoms with Crippen molar-refractivity contribution in [1.82, 2.24) is 4.98 Å². The first-order valence-electron chi connectivity index (χ1n) is 4.30. The van der Waals surface area contributed by atoms with Gasteiger partial charge in [0.05, 0.1) is 5.52 Å². The van der Waals surface area contributed by atoms with Crippen molar-refractivity contribution in [3.05, 3.63) is 30.3 Å². The van der Waals surface area contributed by atoms with Gasteiger partial charge in [0.25, 0.3) is 5.88 Å². The van der Waals surface area contributed by atoms with Gasteiger partial charge >= 0.3 is 6.29 Å². The van der Waals surface area contributed by atoms with E-state index in [1.165, 1.54) is 6.07 Å². The van der Waals surface area contributed by atoms with Crippen molar-refractivity contribution >= 4 is 10.9 Å². The van der Waals surface area contributed by atoms with Crippen molar-refractivity contribution in [2.45, 2.75) is 6.29 Å². The average Bonchev–Trinajstić information content (AvgIpc) is 2.46. The van der Waals surface area contributed by atoms with E-state index < -0.39 is 6.29 Å². The Morgan fingerprint density at radius 3 is 2.80 bits per heavy atom. The van der Waals surface area contributed by atoms with Crippen molar-refractivity contribution in [3.8, 4) is 11.6 Å². The molecule has 0 unspecified atom stereocenters. The van der Waals surface area contributed by atoms with Gasteiger partial charge in [-0.2, -0.15) is 0 Å². The highest BCUT2D eigenvalue weighted by Gasteiger charge is 2.44. The third kappa shape index (κ3) is 1.27. The number of halogens is 2. The van der Waals surface area contributed by atoms with E-state index >= 15 is 0 Å². The molecular formula is C10H5F2NO2. The highest BCUT2D eigenvalue weighted by Crippen LogP contribution is 2.40. The molecule has 0 saturated heterocycles. The lowest BCUT2D eigenvalue weighted by molar-refractivity contribution is -0.287. The predicted molar refractivity (Wildman–Crippen MR) is 47.9 cm³/mol. The van der Waals surface area contributed by atoms with Gasteiger partial charge in [-0.05, 0) is 12.1 Å². The fourth-order valence-corrected chi connectivity index (χ4v) is 1.49. The molecule has 3 nitrogen and oxygen atoms in total. The summed E-state index contributed by atoms with van der Waals surface area (Å²) in [5.74, 6) is -0.197. The molecule has 0 atom stereocenters. The number of alkyl halides is 2. The van der Waals surface area contributed by atoms with Gasteiger partial charge in [0.2, 0.25) is 0 Å². The second kappa shape index (κ2) is 2.56. The Morgan fingerprint density at radius 1 is 1.13 bits per heavy atom. The Balaban J connectivity index is 2.23. The molecule has 0 bridgehead atoms. The van der Waals surface area contributed by atoms with E-state index in [9.17, 15) is 8.78 Å². The van der Waals surface area contributed by atoms with Gasteiger partial charge in [-0.25, -0.2) is 4.98 Å². The van der Waals surface area contributed by atoms with Crippen molar-refractivity contribution in [2.24, 2.45) is 0 Å². The molecule has 1 aromatic heterocycles. The molecule has 2 heterocycles. The summed E-state index contributed by atoms with van der Waals surface area (Å²) in [6, 6.07) is 8.54. The van der Waals surface area contributed by atoms with Crippen LogP contribution in [0.3, 0.4) is 0 Å². The third-order valence-electron chi connectivity index (χ3n) is 2.10. The minimum atomic E-state index is -3.60. The minimum absolute atomic E-state index is 0.0290. The molecule has 0 amide bonds. The number of hydrogen-bond acceptors (Lipinski definition) is 3. The standard InChI is InChI=1S/C10H5F2NO2/c11-10(12)14-8-5-6-3-1-2-4-7(6)13-9(8)15-10/h1-5H. The Bertz CT molecular complexity index is 495. The first-order chi connectivity index (χ1) is 7.14. The van der Waals surface area contributed by atoms with Crippen LogP contribution in [0.4, 0.5) is 8.78 Å². The maximum Gasteiger partial charge on any atom is 0.587 e. The number of ether oxygens (including phenoxy) is 2. The molecule has 3 rings (SSSR count). The molecule has 15 heavy (non-hydrogen) atoms. The quantitative estimate of drug-likeness (QED) is 0.668. The van der Waals surface area contributed by atoms with Crippen molar-refractivity contribution in [3.63, 3.8) is 0 Å². The molecule has 76 valence electrons. The fraction of sp³-hybridized carbons (Fsp3) is 0.100. The van der Waals surface area contributed by atoms with Crippen molar-refractivity contribution in [1.29, 1.82) is 0 Å². The molecule has 0 fully saturated rings. The molecule has 0 aliphatic carbocycles. The molecular weight excluding hydrogens is 204 g/mol. The summed E-state index contributed by atoms with van der Waals surface area (Å²) < 4.78 is 33.9. The van der Waals surface area contributed by atoms with Gasteiger partial charge < -0.3 is 9.47 Å². The van der Waals surface area contributed by atoms with E-state index in [-0.39, 0.29) is 11.6 Å². The topological polar surface area (TPSA) is 31.4 Å². The average molecular weight is 209 g/mol. The molecule has 5 heteroatoms. The van der Waals surface area contributed by atoms with Crippen LogP contribution in [0, 0.1) is 0 Å². The van der Waals surface area contributed by atoms with Crippen molar-refractivity contribution < 1.29 is 18.3 Å². The zero-order valence-corrected chi connectivity index (χ0v) is 7.41. The lowest BCUT2D eigenvalue weighted by Crippen LogP contribution is -2.26. The Morgan fingerprint density at radius 2 is 1.93 bits per heavy atom. The van der Waals surface area contributed by atoms with Crippen LogP contribution in [0.5, 0.6) is 11.6 Å². The molecule has 0 radical (unpaired) electrons. The lowest BCUT2D eigenvalue weighted by Gasteiger charge is -2.03. The van der Waals surface area contributed by atoms with Crippen LogP contribution in [-0.4, -0.2) is 11.3 Å². The largest absolute Gasteiger partial charge is 0.587 e. The van der Waals surface area contributed by atoms with Crippen LogP contribution in [0.25, 0.3) is 10.9 Å². The number of rotatable bonds is 0. The highest BCUT2D eigenvalue weighted by atomic mass is 19.3. The van der Waals surface area contributed by atoms with Crippen LogP contribution >= 0.6 is 0 Å². The Kier molecular flexibility index (Phi) is 1.44. The summed E-state index contributed by atoms with van der Waals surface area (Å²) in [6.07, 6.45) is -3.60. The van der Waals surface area contributed by atoms with Gasteiger partial charge in [0, 0.05) is 5.39 Å². The summed E-state index contributed by atoms with van der Waals surface area (Å²) in [6.45, 7) is 0. The molecule has 1 aliphatic heterocycles.